The van der Waals surface area contributed by atoms with Gasteiger partial charge in [-0.3, -0.25) is 0 Å². The third kappa shape index (κ3) is 9.32. The standard InChI is InChI=1S/C7H9O3P/c1-2-3-4-5-6-7-10-11(8)9/h3-4H,2,7H2,1H3/p+1. The third-order valence-electron chi connectivity index (χ3n) is 0.786. The molecule has 1 N–H and O–H groups in total. The van der Waals surface area contributed by atoms with E-state index >= 15 is 0 Å². The van der Waals surface area contributed by atoms with Crippen molar-refractivity contribution >= 4 is 8.25 Å². The molecule has 0 aliphatic heterocycles. The van der Waals surface area contributed by atoms with Crippen LogP contribution in [-0.2, 0) is 9.09 Å². The lowest BCUT2D eigenvalue weighted by molar-refractivity contribution is 0.317. The van der Waals surface area contributed by atoms with Gasteiger partial charge in [-0.25, -0.2) is 0 Å². The van der Waals surface area contributed by atoms with Crippen LogP contribution in [0.5, 0.6) is 0 Å². The summed E-state index contributed by atoms with van der Waals surface area (Å²) >= 11 is 0. The first-order valence-corrected chi connectivity index (χ1v) is 4.33. The molecule has 0 saturated carbocycles. The molecule has 11 heavy (non-hydrogen) atoms. The molecule has 0 aromatic rings. The van der Waals surface area contributed by atoms with Crippen molar-refractivity contribution in [1.82, 2.24) is 0 Å². The Labute approximate surface area is 67.0 Å². The Morgan fingerprint density at radius 1 is 1.73 bits per heavy atom. The summed E-state index contributed by atoms with van der Waals surface area (Å²) in [5.41, 5.74) is 0. The van der Waals surface area contributed by atoms with E-state index in [2.05, 4.69) is 16.4 Å². The highest BCUT2D eigenvalue weighted by Crippen LogP contribution is 2.12. The average molecular weight is 173 g/mol. The lowest BCUT2D eigenvalue weighted by Gasteiger charge is -1.73. The summed E-state index contributed by atoms with van der Waals surface area (Å²) < 4.78 is 14.2. The fourth-order valence-electron chi connectivity index (χ4n) is 0.365. The number of hydrogen-bond donors (Lipinski definition) is 1. The van der Waals surface area contributed by atoms with E-state index in [1.165, 1.54) is 0 Å². The van der Waals surface area contributed by atoms with Gasteiger partial charge < -0.3 is 0 Å². The molecular formula is C7H10O3P+. The number of rotatable bonds is 3. The fraction of sp³-hybridized carbons (Fsp3) is 0.429. The minimum absolute atomic E-state index is 0.000240. The topological polar surface area (TPSA) is 46.5 Å². The van der Waals surface area contributed by atoms with Crippen molar-refractivity contribution in [3.8, 4) is 11.8 Å². The molecule has 0 spiro atoms. The van der Waals surface area contributed by atoms with Crippen molar-refractivity contribution in [2.45, 2.75) is 13.3 Å². The summed E-state index contributed by atoms with van der Waals surface area (Å²) in [4.78, 5) is 8.16. The molecule has 0 heterocycles. The molecular weight excluding hydrogens is 163 g/mol. The molecule has 1 atom stereocenters. The van der Waals surface area contributed by atoms with E-state index in [1.54, 1.807) is 6.08 Å². The van der Waals surface area contributed by atoms with E-state index in [9.17, 15) is 4.57 Å². The van der Waals surface area contributed by atoms with Crippen LogP contribution in [0.2, 0.25) is 0 Å². The summed E-state index contributed by atoms with van der Waals surface area (Å²) in [6, 6.07) is 0. The lowest BCUT2D eigenvalue weighted by atomic mass is 10.4. The van der Waals surface area contributed by atoms with Crippen molar-refractivity contribution in [3.63, 3.8) is 0 Å². The smallest absolute Gasteiger partial charge is 0.133 e. The van der Waals surface area contributed by atoms with E-state index < -0.39 is 8.25 Å². The summed E-state index contributed by atoms with van der Waals surface area (Å²) in [7, 11) is -2.50. The third-order valence-corrected chi connectivity index (χ3v) is 1.14. The predicted molar refractivity (Wildman–Crippen MR) is 43.0 cm³/mol. The maximum Gasteiger partial charge on any atom is 0.695 e. The Balaban J connectivity index is 3.40. The van der Waals surface area contributed by atoms with Crippen molar-refractivity contribution in [3.05, 3.63) is 12.2 Å². The molecule has 60 valence electrons. The van der Waals surface area contributed by atoms with Gasteiger partial charge in [0.2, 0.25) is 0 Å². The van der Waals surface area contributed by atoms with Gasteiger partial charge in [0.05, 0.1) is 0 Å². The van der Waals surface area contributed by atoms with Crippen LogP contribution in [-0.4, -0.2) is 11.5 Å². The van der Waals surface area contributed by atoms with Crippen LogP contribution < -0.4 is 0 Å². The van der Waals surface area contributed by atoms with Gasteiger partial charge in [-0.2, -0.15) is 0 Å². The Morgan fingerprint density at radius 2 is 2.45 bits per heavy atom. The van der Waals surface area contributed by atoms with E-state index in [4.69, 9.17) is 4.89 Å². The van der Waals surface area contributed by atoms with Gasteiger partial charge in [-0.05, 0) is 12.5 Å². The Morgan fingerprint density at radius 3 is 3.00 bits per heavy atom. The van der Waals surface area contributed by atoms with E-state index in [0.717, 1.165) is 6.42 Å². The van der Waals surface area contributed by atoms with Gasteiger partial charge in [0, 0.05) is 4.57 Å². The normalized spacial score (nSPS) is 10.9. The van der Waals surface area contributed by atoms with Gasteiger partial charge in [0.25, 0.3) is 0 Å². The SMILES string of the molecule is CCC=CC#CCO[P+](=O)O. The highest BCUT2D eigenvalue weighted by molar-refractivity contribution is 7.32. The van der Waals surface area contributed by atoms with Crippen LogP contribution in [0.1, 0.15) is 13.3 Å². The summed E-state index contributed by atoms with van der Waals surface area (Å²) in [6.07, 6.45) is 4.52. The van der Waals surface area contributed by atoms with E-state index in [-0.39, 0.29) is 6.61 Å². The Hall–Kier alpha value is -0.680. The molecule has 0 aliphatic rings. The van der Waals surface area contributed by atoms with Crippen LogP contribution in [0, 0.1) is 11.8 Å². The van der Waals surface area contributed by atoms with E-state index in [0.29, 0.717) is 0 Å². The molecule has 0 aromatic heterocycles. The molecule has 0 bridgehead atoms. The molecule has 0 aliphatic carbocycles. The predicted octanol–water partition coefficient (Wildman–Crippen LogP) is 1.62. The van der Waals surface area contributed by atoms with Crippen LogP contribution in [0.4, 0.5) is 0 Å². The van der Waals surface area contributed by atoms with Crippen molar-refractivity contribution in [2.24, 2.45) is 0 Å². The molecule has 0 fully saturated rings. The highest BCUT2D eigenvalue weighted by atomic mass is 31.1. The molecule has 3 nitrogen and oxygen atoms in total. The van der Waals surface area contributed by atoms with Gasteiger partial charge in [-0.1, -0.05) is 24.8 Å². The molecule has 0 saturated heterocycles. The number of hydrogen-bond acceptors (Lipinski definition) is 2. The quantitative estimate of drug-likeness (QED) is 0.521. The minimum atomic E-state index is -2.50. The van der Waals surface area contributed by atoms with Crippen LogP contribution in [0.3, 0.4) is 0 Å². The van der Waals surface area contributed by atoms with E-state index in [1.807, 2.05) is 13.0 Å². The summed E-state index contributed by atoms with van der Waals surface area (Å²) in [6.45, 7) is 2.00. The van der Waals surface area contributed by atoms with Crippen molar-refractivity contribution in [1.29, 1.82) is 0 Å². The zero-order chi connectivity index (χ0) is 8.53. The van der Waals surface area contributed by atoms with Gasteiger partial charge in [-0.15, -0.1) is 9.42 Å². The zero-order valence-electron chi connectivity index (χ0n) is 6.28. The maximum absolute atomic E-state index is 9.93. The molecule has 4 heteroatoms. The lowest BCUT2D eigenvalue weighted by Crippen LogP contribution is -1.78. The largest absolute Gasteiger partial charge is 0.695 e. The molecule has 0 rings (SSSR count). The van der Waals surface area contributed by atoms with Crippen LogP contribution in [0.15, 0.2) is 12.2 Å². The fourth-order valence-corrected chi connectivity index (χ4v) is 0.540. The second-order valence-electron chi connectivity index (χ2n) is 1.64. The molecule has 0 aromatic carbocycles. The Bertz CT molecular complexity index is 199. The number of allylic oxidation sites excluding steroid dienone is 2. The minimum Gasteiger partial charge on any atom is -0.133 e. The van der Waals surface area contributed by atoms with Crippen molar-refractivity contribution < 1.29 is 14.0 Å². The van der Waals surface area contributed by atoms with Crippen LogP contribution in [0.25, 0.3) is 0 Å². The monoisotopic (exact) mass is 173 g/mol. The summed E-state index contributed by atoms with van der Waals surface area (Å²) in [5.74, 6) is 5.20. The first kappa shape index (κ1) is 10.3. The summed E-state index contributed by atoms with van der Waals surface area (Å²) in [5, 5.41) is 0. The Kier molecular flexibility index (Phi) is 6.97. The van der Waals surface area contributed by atoms with Crippen molar-refractivity contribution in [2.75, 3.05) is 6.61 Å². The molecule has 0 radical (unpaired) electrons. The molecule has 1 unspecified atom stereocenters. The second kappa shape index (κ2) is 7.43. The van der Waals surface area contributed by atoms with Gasteiger partial charge in [0.15, 0.2) is 6.61 Å². The first-order valence-electron chi connectivity index (χ1n) is 3.19. The highest BCUT2D eigenvalue weighted by Gasteiger charge is 2.08. The maximum atomic E-state index is 9.93. The average Bonchev–Trinajstić information content (AvgIpc) is 1.96. The first-order chi connectivity index (χ1) is 5.27. The zero-order valence-corrected chi connectivity index (χ0v) is 7.17. The van der Waals surface area contributed by atoms with Gasteiger partial charge >= 0.3 is 8.25 Å². The van der Waals surface area contributed by atoms with Gasteiger partial charge in [0.1, 0.15) is 0 Å². The second-order valence-corrected chi connectivity index (χ2v) is 2.38. The molecule has 0 amide bonds. The van der Waals surface area contributed by atoms with Crippen LogP contribution >= 0.6 is 8.25 Å².